The summed E-state index contributed by atoms with van der Waals surface area (Å²) in [5.74, 6) is -0.539. The third-order valence-corrected chi connectivity index (χ3v) is 15.4. The number of carbonyl (C=O) groups excluding carboxylic acids is 2. The van der Waals surface area contributed by atoms with Crippen LogP contribution < -0.4 is 10.2 Å². The van der Waals surface area contributed by atoms with Crippen molar-refractivity contribution in [3.8, 4) is 0 Å². The van der Waals surface area contributed by atoms with Gasteiger partial charge in [0.25, 0.3) is 7.82 Å². The summed E-state index contributed by atoms with van der Waals surface area (Å²) in [6.45, 7) is 6.83. The van der Waals surface area contributed by atoms with E-state index in [4.69, 9.17) is 13.8 Å². The Balaban J connectivity index is 5.14. The van der Waals surface area contributed by atoms with Crippen LogP contribution in [0, 0.1) is 0 Å². The lowest BCUT2D eigenvalue weighted by Crippen LogP contribution is -2.47. The van der Waals surface area contributed by atoms with Gasteiger partial charge in [-0.2, -0.15) is 0 Å². The van der Waals surface area contributed by atoms with Crippen molar-refractivity contribution in [3.05, 3.63) is 60.8 Å². The van der Waals surface area contributed by atoms with E-state index in [1.54, 1.807) is 0 Å². The normalized spacial score (nSPS) is 14.0. The highest BCUT2D eigenvalue weighted by molar-refractivity contribution is 7.45. The van der Waals surface area contributed by atoms with Gasteiger partial charge in [-0.25, -0.2) is 0 Å². The molecule has 1 N–H and O–H groups in total. The summed E-state index contributed by atoms with van der Waals surface area (Å²) < 4.78 is 30.3. The number of phosphoric ester groups is 1. The highest BCUT2D eigenvalue weighted by Crippen LogP contribution is 2.38. The van der Waals surface area contributed by atoms with Crippen LogP contribution in [-0.2, 0) is 27.9 Å². The van der Waals surface area contributed by atoms with Gasteiger partial charge in [-0.1, -0.05) is 275 Å². The largest absolute Gasteiger partial charge is 0.756 e. The van der Waals surface area contributed by atoms with Gasteiger partial charge in [0, 0.05) is 12.8 Å². The van der Waals surface area contributed by atoms with Crippen molar-refractivity contribution < 1.29 is 37.3 Å². The molecule has 0 aromatic carbocycles. The van der Waals surface area contributed by atoms with Crippen molar-refractivity contribution in [2.75, 3.05) is 40.9 Å². The molecule has 0 aliphatic carbocycles. The number of nitrogens with one attached hydrogen (secondary N) is 1. The van der Waals surface area contributed by atoms with E-state index in [0.29, 0.717) is 17.4 Å². The Morgan fingerprint density at radius 2 is 0.792 bits per heavy atom. The molecule has 0 heterocycles. The molecule has 0 bridgehead atoms. The first kappa shape index (κ1) is 74.7. The third-order valence-electron chi connectivity index (χ3n) is 14.5. The van der Waals surface area contributed by atoms with E-state index < -0.39 is 20.0 Å². The van der Waals surface area contributed by atoms with Gasteiger partial charge in [0.15, 0.2) is 0 Å². The molecule has 0 aromatic rings. The molecule has 0 fully saturated rings. The first-order valence-corrected chi connectivity index (χ1v) is 34.1. The number of phosphoric acid groups is 1. The zero-order valence-corrected chi connectivity index (χ0v) is 52.3. The van der Waals surface area contributed by atoms with Crippen molar-refractivity contribution in [1.82, 2.24) is 5.32 Å². The maximum absolute atomic E-state index is 13.5. The van der Waals surface area contributed by atoms with E-state index in [2.05, 4.69) is 74.7 Å². The lowest BCUT2D eigenvalue weighted by atomic mass is 10.0. The average Bonchev–Trinajstić information content (AvgIpc) is 3.39. The first-order valence-electron chi connectivity index (χ1n) is 32.6. The molecule has 0 radical (unpaired) electrons. The van der Waals surface area contributed by atoms with Gasteiger partial charge in [0.1, 0.15) is 19.3 Å². The van der Waals surface area contributed by atoms with E-state index in [-0.39, 0.29) is 31.5 Å². The van der Waals surface area contributed by atoms with Gasteiger partial charge in [0.2, 0.25) is 5.91 Å². The second kappa shape index (κ2) is 57.0. The maximum atomic E-state index is 13.5. The number of likely N-dealkylation sites (N-methyl/N-ethyl adjacent to an activating group) is 1. The maximum Gasteiger partial charge on any atom is 0.306 e. The van der Waals surface area contributed by atoms with Crippen LogP contribution in [0.2, 0.25) is 0 Å². The molecule has 0 rings (SSSR count). The zero-order valence-electron chi connectivity index (χ0n) is 51.4. The van der Waals surface area contributed by atoms with Gasteiger partial charge in [0.05, 0.1) is 33.8 Å². The van der Waals surface area contributed by atoms with E-state index in [9.17, 15) is 19.0 Å². The topological polar surface area (TPSA) is 114 Å². The van der Waals surface area contributed by atoms with E-state index in [1.165, 1.54) is 180 Å². The van der Waals surface area contributed by atoms with Crippen molar-refractivity contribution in [2.24, 2.45) is 0 Å². The Kier molecular flexibility index (Phi) is 55.3. The monoisotopic (exact) mass is 1100 g/mol. The summed E-state index contributed by atoms with van der Waals surface area (Å²) in [6.07, 6.45) is 71.8. The fraction of sp³-hybridized carbons (Fsp3) is 0.821. The molecule has 0 spiro atoms. The Hall–Kier alpha value is -2.29. The summed E-state index contributed by atoms with van der Waals surface area (Å²) in [5.41, 5.74) is 0. The van der Waals surface area contributed by atoms with Crippen LogP contribution in [-0.4, -0.2) is 69.4 Å². The molecule has 3 unspecified atom stereocenters. The number of hydrogen-bond donors (Lipinski definition) is 1. The van der Waals surface area contributed by atoms with E-state index in [1.807, 2.05) is 33.3 Å². The Bertz CT molecular complexity index is 1500. The number of unbranched alkanes of at least 4 members (excludes halogenated alkanes) is 35. The molecule has 10 heteroatoms. The lowest BCUT2D eigenvalue weighted by Gasteiger charge is -2.30. The molecule has 0 aliphatic heterocycles. The number of amides is 1. The molecule has 0 saturated heterocycles. The molecule has 0 aliphatic rings. The Morgan fingerprint density at radius 1 is 0.455 bits per heavy atom. The minimum absolute atomic E-state index is 0.0229. The molecule has 1 amide bonds. The fourth-order valence-electron chi connectivity index (χ4n) is 9.39. The smallest absolute Gasteiger partial charge is 0.306 e. The van der Waals surface area contributed by atoms with E-state index >= 15 is 0 Å². The Labute approximate surface area is 477 Å². The van der Waals surface area contributed by atoms with Crippen LogP contribution in [0.5, 0.6) is 0 Å². The van der Waals surface area contributed by atoms with Gasteiger partial charge in [-0.15, -0.1) is 0 Å². The van der Waals surface area contributed by atoms with Crippen LogP contribution >= 0.6 is 7.82 Å². The highest BCUT2D eigenvalue weighted by atomic mass is 31.2. The predicted octanol–water partition coefficient (Wildman–Crippen LogP) is 19.6. The number of hydrogen-bond acceptors (Lipinski definition) is 7. The van der Waals surface area contributed by atoms with E-state index in [0.717, 1.165) is 89.9 Å². The molecule has 9 nitrogen and oxygen atoms in total. The van der Waals surface area contributed by atoms with Gasteiger partial charge < -0.3 is 28.5 Å². The van der Waals surface area contributed by atoms with Crippen LogP contribution in [0.15, 0.2) is 60.8 Å². The second-order valence-corrected chi connectivity index (χ2v) is 24.7. The minimum Gasteiger partial charge on any atom is -0.756 e. The van der Waals surface area contributed by atoms with Crippen LogP contribution in [0.1, 0.15) is 303 Å². The summed E-state index contributed by atoms with van der Waals surface area (Å²) >= 11 is 0. The van der Waals surface area contributed by atoms with Gasteiger partial charge in [-0.3, -0.25) is 14.2 Å². The van der Waals surface area contributed by atoms with Gasteiger partial charge in [-0.05, 0) is 76.7 Å². The number of ether oxygens (including phenoxy) is 1. The van der Waals surface area contributed by atoms with Crippen molar-refractivity contribution in [2.45, 2.75) is 315 Å². The molecule has 450 valence electrons. The number of nitrogens with zero attached hydrogens (tertiary/aromatic N) is 1. The molecule has 3 atom stereocenters. The first-order chi connectivity index (χ1) is 37.4. The number of esters is 1. The SMILES string of the molecule is CCCCC/C=C\C/C=C\C/C=C\C/C=C\CCCCCCCCCCCC(=O)OC(/C=C\CCCCCCCCCCCCC)C(COP(=O)([O-])OCC[N+](C)(C)C)NC(=O)CCCCCCCCCCCCCCC. The number of rotatable bonds is 59. The lowest BCUT2D eigenvalue weighted by molar-refractivity contribution is -0.870. The van der Waals surface area contributed by atoms with Crippen molar-refractivity contribution >= 4 is 19.7 Å². The fourth-order valence-corrected chi connectivity index (χ4v) is 10.1. The zero-order chi connectivity index (χ0) is 56.4. The summed E-state index contributed by atoms with van der Waals surface area (Å²) in [4.78, 5) is 40.0. The van der Waals surface area contributed by atoms with Crippen LogP contribution in [0.25, 0.3) is 0 Å². The number of carbonyl (C=O) groups is 2. The quantitative estimate of drug-likeness (QED) is 0.0212. The van der Waals surface area contributed by atoms with Crippen LogP contribution in [0.4, 0.5) is 0 Å². The summed E-state index contributed by atoms with van der Waals surface area (Å²) in [6, 6.07) is -0.889. The molecule has 77 heavy (non-hydrogen) atoms. The molecular weight excluding hydrogens is 976 g/mol. The average molecular weight is 1100 g/mol. The highest BCUT2D eigenvalue weighted by Gasteiger charge is 2.27. The molecular formula is C67H125N2O7P. The van der Waals surface area contributed by atoms with Crippen molar-refractivity contribution in [1.29, 1.82) is 0 Å². The van der Waals surface area contributed by atoms with Gasteiger partial charge >= 0.3 is 5.97 Å². The number of quaternary nitrogens is 1. The van der Waals surface area contributed by atoms with Crippen LogP contribution in [0.3, 0.4) is 0 Å². The summed E-state index contributed by atoms with van der Waals surface area (Å²) in [5, 5.41) is 3.03. The molecule has 0 saturated carbocycles. The predicted molar refractivity (Wildman–Crippen MR) is 330 cm³/mol. The standard InChI is InChI=1S/C67H125N2O7P/c1-7-10-13-16-19-22-25-28-29-30-31-32-33-34-35-36-37-38-39-42-45-48-51-54-57-60-67(71)76-65(58-55-52-49-46-43-40-26-23-20-17-14-11-8-2)64(63-75-77(72,73)74-62-61-69(4,5)6)68-66(70)59-56-53-50-47-44-41-27-24-21-18-15-12-9-3/h19,22,28-29,31-32,34-35,55,58,64-65H,7-18,20-21,23-27,30,33,36-54,56-57,59-63H2,1-6H3,(H-,68,70,72,73)/b22-19-,29-28-,32-31-,35-34-,58-55-. The van der Waals surface area contributed by atoms with Crippen molar-refractivity contribution in [3.63, 3.8) is 0 Å². The third kappa shape index (κ3) is 58.2. The second-order valence-electron chi connectivity index (χ2n) is 23.3. The molecule has 0 aromatic heterocycles. The Morgan fingerprint density at radius 3 is 1.21 bits per heavy atom. The number of allylic oxidation sites excluding steroid dienone is 9. The minimum atomic E-state index is -4.70. The summed E-state index contributed by atoms with van der Waals surface area (Å²) in [7, 11) is 1.19.